The van der Waals surface area contributed by atoms with E-state index in [2.05, 4.69) is 0 Å². The number of carboxylic acid groups (broad SMARTS) is 2. The summed E-state index contributed by atoms with van der Waals surface area (Å²) in [5.74, 6) is -4.15. The van der Waals surface area contributed by atoms with Crippen LogP contribution >= 0.6 is 11.8 Å². The van der Waals surface area contributed by atoms with Gasteiger partial charge in [-0.25, -0.2) is 9.59 Å². The lowest BCUT2D eigenvalue weighted by atomic mass is 10.0. The monoisotopic (exact) mass is 462 g/mol. The fraction of sp³-hybridized carbons (Fsp3) is 0.471. The highest BCUT2D eigenvalue weighted by atomic mass is 32.2. The van der Waals surface area contributed by atoms with Gasteiger partial charge in [0.1, 0.15) is 17.1 Å². The number of aliphatic carboxylic acids is 2. The average Bonchev–Trinajstić information content (AvgIpc) is 3.04. The summed E-state index contributed by atoms with van der Waals surface area (Å²) in [6, 6.07) is 1.33. The van der Waals surface area contributed by atoms with Gasteiger partial charge in [-0.3, -0.25) is 14.5 Å². The number of likely N-dealkylation sites (tertiary alicyclic amines) is 1. The first-order valence-electron chi connectivity index (χ1n) is 8.73. The number of β-lactam (4-membered cyclic amide) rings is 1. The van der Waals surface area contributed by atoms with Crippen LogP contribution in [0.2, 0.25) is 0 Å². The number of nitrogens with two attached hydrogens (primary N) is 1. The molecule has 0 spiro atoms. The van der Waals surface area contributed by atoms with Crippen molar-refractivity contribution in [3.63, 3.8) is 0 Å². The standard InChI is InChI=1S/C15H16N4O4S.C2HF3O2/c16-3-1-4-18-5-2-8(12(18)20)6-9-7-24-14-10(17)13(21)19(14)11(9)15(22)23;3-2(4,5)1(6)7/h6,10,14H,1-2,4-5,7,17H2,(H,22,23);(H,6,7)/t10-,14-;/m1./s1. The van der Waals surface area contributed by atoms with Gasteiger partial charge in [0.25, 0.3) is 0 Å². The minimum absolute atomic E-state index is 0.0822. The van der Waals surface area contributed by atoms with Crippen molar-refractivity contribution >= 4 is 35.5 Å². The van der Waals surface area contributed by atoms with Crippen LogP contribution in [0.3, 0.4) is 0 Å². The van der Waals surface area contributed by atoms with E-state index in [1.54, 1.807) is 11.0 Å². The number of halogens is 3. The van der Waals surface area contributed by atoms with Crippen LogP contribution in [0.15, 0.2) is 22.9 Å². The minimum atomic E-state index is -5.08. The number of carboxylic acids is 2. The molecule has 0 unspecified atom stereocenters. The number of carbonyl (C=O) groups is 4. The molecule has 0 aromatic heterocycles. The van der Waals surface area contributed by atoms with Crippen LogP contribution in [0.1, 0.15) is 12.8 Å². The first-order chi connectivity index (χ1) is 14.4. The lowest BCUT2D eigenvalue weighted by Crippen LogP contribution is -2.68. The molecule has 2 saturated heterocycles. The Morgan fingerprint density at radius 1 is 1.32 bits per heavy atom. The van der Waals surface area contributed by atoms with Crippen molar-refractivity contribution < 1.29 is 42.6 Å². The summed E-state index contributed by atoms with van der Waals surface area (Å²) in [6.07, 6.45) is -2.74. The molecular formula is C17H17F3N4O6S. The molecule has 0 saturated carbocycles. The Bertz CT molecular complexity index is 911. The third-order valence-electron chi connectivity index (χ3n) is 4.54. The molecule has 3 heterocycles. The molecule has 2 atom stereocenters. The van der Waals surface area contributed by atoms with Crippen molar-refractivity contribution in [1.29, 1.82) is 5.26 Å². The Labute approximate surface area is 177 Å². The Balaban J connectivity index is 0.000000423. The van der Waals surface area contributed by atoms with Crippen molar-refractivity contribution in [2.24, 2.45) is 5.73 Å². The van der Waals surface area contributed by atoms with Gasteiger partial charge in [-0.05, 0) is 18.1 Å². The summed E-state index contributed by atoms with van der Waals surface area (Å²) in [5, 5.41) is 24.9. The Morgan fingerprint density at radius 3 is 2.45 bits per heavy atom. The van der Waals surface area contributed by atoms with E-state index in [1.165, 1.54) is 16.7 Å². The summed E-state index contributed by atoms with van der Waals surface area (Å²) in [6.45, 7) is 0.888. The topological polar surface area (TPSA) is 165 Å². The Morgan fingerprint density at radius 2 is 1.94 bits per heavy atom. The van der Waals surface area contributed by atoms with Crippen LogP contribution < -0.4 is 5.73 Å². The van der Waals surface area contributed by atoms with E-state index in [1.807, 2.05) is 6.07 Å². The quantitative estimate of drug-likeness (QED) is 0.393. The lowest BCUT2D eigenvalue weighted by Gasteiger charge is -2.47. The van der Waals surface area contributed by atoms with E-state index in [0.717, 1.165) is 0 Å². The Kier molecular flexibility index (Phi) is 7.34. The summed E-state index contributed by atoms with van der Waals surface area (Å²) in [7, 11) is 0. The summed E-state index contributed by atoms with van der Waals surface area (Å²) >= 11 is 1.40. The summed E-state index contributed by atoms with van der Waals surface area (Å²) in [5.41, 5.74) is 6.59. The van der Waals surface area contributed by atoms with E-state index < -0.39 is 30.1 Å². The Hall–Kier alpha value is -3.05. The van der Waals surface area contributed by atoms with Gasteiger partial charge in [-0.1, -0.05) is 0 Å². The van der Waals surface area contributed by atoms with Gasteiger partial charge < -0.3 is 20.8 Å². The van der Waals surface area contributed by atoms with Gasteiger partial charge in [0.2, 0.25) is 11.8 Å². The highest BCUT2D eigenvalue weighted by Crippen LogP contribution is 2.40. The molecule has 0 aromatic carbocycles. The van der Waals surface area contributed by atoms with Crippen LogP contribution in [-0.2, 0) is 19.2 Å². The maximum Gasteiger partial charge on any atom is 0.490 e. The number of fused-ring (bicyclic) bond motifs is 1. The van der Waals surface area contributed by atoms with Gasteiger partial charge in [0.15, 0.2) is 0 Å². The zero-order valence-corrected chi connectivity index (χ0v) is 16.6. The van der Waals surface area contributed by atoms with Gasteiger partial charge in [0, 0.05) is 24.4 Å². The van der Waals surface area contributed by atoms with Crippen molar-refractivity contribution in [3.8, 4) is 6.07 Å². The minimum Gasteiger partial charge on any atom is -0.477 e. The number of carbonyl (C=O) groups excluding carboxylic acids is 2. The van der Waals surface area contributed by atoms with Gasteiger partial charge >= 0.3 is 18.1 Å². The van der Waals surface area contributed by atoms with E-state index in [0.29, 0.717) is 36.4 Å². The first kappa shape index (κ1) is 24.2. The smallest absolute Gasteiger partial charge is 0.477 e. The maximum absolute atomic E-state index is 12.3. The van der Waals surface area contributed by atoms with Crippen molar-refractivity contribution in [2.45, 2.75) is 30.4 Å². The average molecular weight is 462 g/mol. The van der Waals surface area contributed by atoms with Gasteiger partial charge in [-0.15, -0.1) is 11.8 Å². The van der Waals surface area contributed by atoms with E-state index in [-0.39, 0.29) is 23.4 Å². The molecule has 0 radical (unpaired) electrons. The van der Waals surface area contributed by atoms with Gasteiger partial charge in [-0.2, -0.15) is 18.4 Å². The summed E-state index contributed by atoms with van der Waals surface area (Å²) < 4.78 is 31.7. The number of allylic oxidation sites excluding steroid dienone is 1. The zero-order chi connectivity index (χ0) is 23.5. The molecule has 4 N–H and O–H groups in total. The molecule has 0 aliphatic carbocycles. The molecule has 31 heavy (non-hydrogen) atoms. The summed E-state index contributed by atoms with van der Waals surface area (Å²) in [4.78, 5) is 47.5. The number of alkyl halides is 3. The molecule has 2 fully saturated rings. The molecule has 3 rings (SSSR count). The van der Waals surface area contributed by atoms with Crippen molar-refractivity contribution in [2.75, 3.05) is 18.8 Å². The lowest BCUT2D eigenvalue weighted by molar-refractivity contribution is -0.192. The zero-order valence-electron chi connectivity index (χ0n) is 15.8. The van der Waals surface area contributed by atoms with E-state index in [4.69, 9.17) is 20.9 Å². The van der Waals surface area contributed by atoms with Crippen LogP contribution in [0.25, 0.3) is 0 Å². The second-order valence-corrected chi connectivity index (χ2v) is 7.64. The first-order valence-corrected chi connectivity index (χ1v) is 9.78. The third kappa shape index (κ3) is 5.17. The predicted octanol–water partition coefficient (Wildman–Crippen LogP) is 0.273. The van der Waals surface area contributed by atoms with E-state index in [9.17, 15) is 32.7 Å². The fourth-order valence-corrected chi connectivity index (χ4v) is 4.31. The van der Waals surface area contributed by atoms with E-state index >= 15 is 0 Å². The maximum atomic E-state index is 12.3. The highest BCUT2D eigenvalue weighted by molar-refractivity contribution is 8.00. The molecule has 14 heteroatoms. The SMILES string of the molecule is N#CCCN1CCC(=CC2=C(C(=O)O)N3C(=O)[C@@H](N)[C@H]3SC2)C1=O.O=C(O)C(F)(F)F. The van der Waals surface area contributed by atoms with Crippen LogP contribution in [-0.4, -0.2) is 80.2 Å². The molecule has 168 valence electrons. The predicted molar refractivity (Wildman–Crippen MR) is 98.9 cm³/mol. The molecule has 0 bridgehead atoms. The second kappa shape index (κ2) is 9.40. The van der Waals surface area contributed by atoms with Crippen molar-refractivity contribution in [1.82, 2.24) is 9.80 Å². The number of amides is 2. The molecular weight excluding hydrogens is 445 g/mol. The van der Waals surface area contributed by atoms with Gasteiger partial charge in [0.05, 0.1) is 12.5 Å². The number of thioether (sulfide) groups is 1. The molecule has 10 nitrogen and oxygen atoms in total. The van der Waals surface area contributed by atoms with Crippen LogP contribution in [0, 0.1) is 11.3 Å². The third-order valence-corrected chi connectivity index (χ3v) is 5.86. The number of nitriles is 1. The molecule has 0 aromatic rings. The highest BCUT2D eigenvalue weighted by Gasteiger charge is 2.51. The van der Waals surface area contributed by atoms with Crippen LogP contribution in [0.5, 0.6) is 0 Å². The molecule has 2 amide bonds. The second-order valence-electron chi connectivity index (χ2n) is 6.54. The number of nitrogens with zero attached hydrogens (tertiary/aromatic N) is 3. The molecule has 3 aliphatic rings. The normalized spacial score (nSPS) is 24.3. The largest absolute Gasteiger partial charge is 0.490 e. The fourth-order valence-electron chi connectivity index (χ4n) is 3.06. The molecule has 3 aliphatic heterocycles. The van der Waals surface area contributed by atoms with Crippen LogP contribution in [0.4, 0.5) is 13.2 Å². The number of hydrogen-bond acceptors (Lipinski definition) is 7. The number of rotatable bonds is 4. The van der Waals surface area contributed by atoms with Crippen molar-refractivity contribution in [3.05, 3.63) is 22.9 Å². The number of hydrogen-bond donors (Lipinski definition) is 3.